The van der Waals surface area contributed by atoms with Gasteiger partial charge in [-0.1, -0.05) is 23.8 Å². The summed E-state index contributed by atoms with van der Waals surface area (Å²) in [7, 11) is 0. The molecule has 1 aliphatic carbocycles. The molecule has 2 N–H and O–H groups in total. The minimum atomic E-state index is -4.51. The number of esters is 1. The monoisotopic (exact) mass is 437 g/mol. The largest absolute Gasteiger partial charge is 0.454 e. The second-order valence-electron chi connectivity index (χ2n) is 8.37. The number of hydrogen-bond acceptors (Lipinski definition) is 5. The zero-order chi connectivity index (χ0) is 23.6. The second-order valence-corrected chi connectivity index (χ2v) is 8.37. The summed E-state index contributed by atoms with van der Waals surface area (Å²) in [5.74, 6) is 3.70. The Bertz CT molecular complexity index is 979. The van der Waals surface area contributed by atoms with Gasteiger partial charge in [-0.3, -0.25) is 4.79 Å². The first-order valence-corrected chi connectivity index (χ1v) is 9.65. The average molecular weight is 437 g/mol. The fraction of sp³-hybridized carbons (Fsp3) is 0.391. The highest BCUT2D eigenvalue weighted by Gasteiger charge is 2.32. The number of hydrogen-bond donors (Lipinski definition) is 1. The van der Waals surface area contributed by atoms with Gasteiger partial charge < -0.3 is 9.57 Å². The van der Waals surface area contributed by atoms with Crippen molar-refractivity contribution in [1.29, 1.82) is 0 Å². The van der Waals surface area contributed by atoms with Gasteiger partial charge >= 0.3 is 12.1 Å². The van der Waals surface area contributed by atoms with E-state index in [0.29, 0.717) is 11.1 Å². The highest BCUT2D eigenvalue weighted by atomic mass is 19.4. The molecular formula is C23H26F3NO4. The molecule has 0 heterocycles. The number of Topliss-reactive ketones (excluding diaryl/α,β-unsaturated/α-hetero) is 1. The minimum absolute atomic E-state index is 0.0543. The van der Waals surface area contributed by atoms with Gasteiger partial charge in [-0.25, -0.2) is 4.79 Å². The van der Waals surface area contributed by atoms with E-state index in [1.54, 1.807) is 33.8 Å². The third-order valence-corrected chi connectivity index (χ3v) is 4.69. The molecule has 0 fully saturated rings. The molecule has 0 amide bonds. The van der Waals surface area contributed by atoms with Crippen molar-refractivity contribution in [3.63, 3.8) is 0 Å². The normalized spacial score (nSPS) is 15.8. The lowest BCUT2D eigenvalue weighted by Crippen LogP contribution is -2.30. The third-order valence-electron chi connectivity index (χ3n) is 4.69. The number of ketones is 1. The van der Waals surface area contributed by atoms with Crippen LogP contribution in [0.5, 0.6) is 0 Å². The van der Waals surface area contributed by atoms with Gasteiger partial charge in [0.2, 0.25) is 0 Å². The van der Waals surface area contributed by atoms with Crippen LogP contribution in [0.2, 0.25) is 0 Å². The van der Waals surface area contributed by atoms with Crippen LogP contribution in [-0.4, -0.2) is 17.4 Å². The van der Waals surface area contributed by atoms with E-state index in [1.165, 1.54) is 12.1 Å². The SMILES string of the molecule is CC1=CCC(C(=O)C(=O)OC(C)(C)C)=C(C(ON)=C(C)c2cccc(C(F)(F)F)c2)C1. The van der Waals surface area contributed by atoms with Crippen LogP contribution in [0, 0.1) is 0 Å². The van der Waals surface area contributed by atoms with Gasteiger partial charge in [-0.2, -0.15) is 19.1 Å². The Labute approximate surface area is 179 Å². The molecule has 0 saturated heterocycles. The number of rotatable bonds is 5. The molecule has 168 valence electrons. The van der Waals surface area contributed by atoms with Crippen molar-refractivity contribution in [1.82, 2.24) is 0 Å². The predicted octanol–water partition coefficient (Wildman–Crippen LogP) is 5.27. The molecule has 0 atom stereocenters. The van der Waals surface area contributed by atoms with E-state index >= 15 is 0 Å². The maximum atomic E-state index is 13.1. The molecule has 2 rings (SSSR count). The second kappa shape index (κ2) is 9.09. The smallest absolute Gasteiger partial charge is 0.416 e. The molecule has 0 radical (unpaired) electrons. The lowest BCUT2D eigenvalue weighted by Gasteiger charge is -2.23. The van der Waals surface area contributed by atoms with Crippen LogP contribution in [-0.2, 0) is 25.3 Å². The standard InChI is InChI=1S/C23H26F3NO4/c1-13-9-10-17(19(28)21(29)30-22(3,4)5)18(11-13)20(31-27)14(2)15-7-6-8-16(12-15)23(24,25)26/h6-9,12H,10-11,27H2,1-5H3. The Balaban J connectivity index is 2.59. The van der Waals surface area contributed by atoms with Crippen LogP contribution in [0.1, 0.15) is 58.6 Å². The molecule has 31 heavy (non-hydrogen) atoms. The van der Waals surface area contributed by atoms with E-state index in [9.17, 15) is 22.8 Å². The summed E-state index contributed by atoms with van der Waals surface area (Å²) in [5.41, 5.74) is 0.276. The van der Waals surface area contributed by atoms with Crippen molar-refractivity contribution in [3.05, 3.63) is 63.9 Å². The van der Waals surface area contributed by atoms with Crippen LogP contribution in [0.25, 0.3) is 5.57 Å². The first-order chi connectivity index (χ1) is 14.2. The summed E-state index contributed by atoms with van der Waals surface area (Å²) in [6, 6.07) is 4.72. The maximum Gasteiger partial charge on any atom is 0.416 e. The van der Waals surface area contributed by atoms with E-state index in [1.807, 2.05) is 6.92 Å². The molecule has 0 saturated carbocycles. The first kappa shape index (κ1) is 24.4. The molecule has 0 bridgehead atoms. The summed E-state index contributed by atoms with van der Waals surface area (Å²) >= 11 is 0. The Morgan fingerprint density at radius 2 is 1.74 bits per heavy atom. The van der Waals surface area contributed by atoms with Gasteiger partial charge in [-0.15, -0.1) is 0 Å². The van der Waals surface area contributed by atoms with Gasteiger partial charge in [0.15, 0.2) is 5.76 Å². The van der Waals surface area contributed by atoms with Crippen molar-refractivity contribution >= 4 is 17.3 Å². The molecule has 1 aromatic rings. The number of allylic oxidation sites excluding steroid dienone is 4. The van der Waals surface area contributed by atoms with Gasteiger partial charge in [0.05, 0.1) is 5.56 Å². The van der Waals surface area contributed by atoms with Crippen LogP contribution in [0.3, 0.4) is 0 Å². The number of benzene rings is 1. The fourth-order valence-electron chi connectivity index (χ4n) is 3.20. The van der Waals surface area contributed by atoms with E-state index in [4.69, 9.17) is 15.5 Å². The number of halogens is 3. The first-order valence-electron chi connectivity index (χ1n) is 9.65. The molecule has 0 aromatic heterocycles. The van der Waals surface area contributed by atoms with Gasteiger partial charge in [-0.05, 0) is 65.2 Å². The van der Waals surface area contributed by atoms with E-state index in [-0.39, 0.29) is 29.7 Å². The predicted molar refractivity (Wildman–Crippen MR) is 110 cm³/mol. The topological polar surface area (TPSA) is 78.6 Å². The summed E-state index contributed by atoms with van der Waals surface area (Å²) in [6.07, 6.45) is -2.30. The average Bonchev–Trinajstić information content (AvgIpc) is 2.66. The van der Waals surface area contributed by atoms with Gasteiger partial charge in [0, 0.05) is 16.7 Å². The number of carbonyl (C=O) groups is 2. The molecular weight excluding hydrogens is 411 g/mol. The number of alkyl halides is 3. The molecule has 1 aliphatic rings. The summed E-state index contributed by atoms with van der Waals surface area (Å²) < 4.78 is 44.6. The molecule has 1 aromatic carbocycles. The quantitative estimate of drug-likeness (QED) is 0.223. The van der Waals surface area contributed by atoms with Crippen molar-refractivity contribution in [2.24, 2.45) is 5.90 Å². The molecule has 0 aliphatic heterocycles. The van der Waals surface area contributed by atoms with Gasteiger partial charge in [0.25, 0.3) is 5.78 Å². The number of ether oxygens (including phenoxy) is 1. The molecule has 8 heteroatoms. The highest BCUT2D eigenvalue weighted by molar-refractivity contribution is 6.41. The lowest BCUT2D eigenvalue weighted by molar-refractivity contribution is -0.161. The summed E-state index contributed by atoms with van der Waals surface area (Å²) in [4.78, 5) is 30.2. The zero-order valence-electron chi connectivity index (χ0n) is 18.1. The van der Waals surface area contributed by atoms with E-state index in [0.717, 1.165) is 17.7 Å². The zero-order valence-corrected chi connectivity index (χ0v) is 18.1. The summed E-state index contributed by atoms with van der Waals surface area (Å²) in [5, 5.41) is 0. The van der Waals surface area contributed by atoms with E-state index < -0.39 is 29.1 Å². The Morgan fingerprint density at radius 3 is 2.29 bits per heavy atom. The molecule has 0 spiro atoms. The van der Waals surface area contributed by atoms with Crippen molar-refractivity contribution in [2.75, 3.05) is 0 Å². The third kappa shape index (κ3) is 6.07. The van der Waals surface area contributed by atoms with Crippen molar-refractivity contribution in [3.8, 4) is 0 Å². The minimum Gasteiger partial charge on any atom is -0.454 e. The molecule has 0 unspecified atom stereocenters. The maximum absolute atomic E-state index is 13.1. The van der Waals surface area contributed by atoms with Crippen molar-refractivity contribution in [2.45, 2.75) is 59.2 Å². The number of nitrogens with two attached hydrogens (primary N) is 1. The van der Waals surface area contributed by atoms with Crippen LogP contribution in [0.4, 0.5) is 13.2 Å². The number of carbonyl (C=O) groups excluding carboxylic acids is 2. The van der Waals surface area contributed by atoms with Crippen molar-refractivity contribution < 1.29 is 32.3 Å². The Morgan fingerprint density at radius 1 is 1.10 bits per heavy atom. The summed E-state index contributed by atoms with van der Waals surface area (Å²) in [6.45, 7) is 8.32. The van der Waals surface area contributed by atoms with Crippen LogP contribution < -0.4 is 5.90 Å². The Hall–Kier alpha value is -2.87. The lowest BCUT2D eigenvalue weighted by atomic mass is 9.86. The fourth-order valence-corrected chi connectivity index (χ4v) is 3.20. The highest BCUT2D eigenvalue weighted by Crippen LogP contribution is 2.36. The van der Waals surface area contributed by atoms with Crippen LogP contribution in [0.15, 0.2) is 52.8 Å². The van der Waals surface area contributed by atoms with E-state index in [2.05, 4.69) is 0 Å². The molecule has 5 nitrogen and oxygen atoms in total. The Kier molecular flexibility index (Phi) is 7.16. The van der Waals surface area contributed by atoms with Gasteiger partial charge in [0.1, 0.15) is 5.60 Å². The van der Waals surface area contributed by atoms with Crippen LogP contribution >= 0.6 is 0 Å².